The van der Waals surface area contributed by atoms with Crippen LogP contribution in [0.4, 0.5) is 5.95 Å². The van der Waals surface area contributed by atoms with Crippen molar-refractivity contribution in [3.05, 3.63) is 18.2 Å². The fourth-order valence-corrected chi connectivity index (χ4v) is 2.13. The first-order valence-corrected chi connectivity index (χ1v) is 5.22. The molecule has 3 N–H and O–H groups in total. The van der Waals surface area contributed by atoms with E-state index in [0.29, 0.717) is 12.0 Å². The molecule has 15 heavy (non-hydrogen) atoms. The van der Waals surface area contributed by atoms with Crippen LogP contribution in [0.5, 0.6) is 5.75 Å². The van der Waals surface area contributed by atoms with Gasteiger partial charge in [-0.1, -0.05) is 0 Å². The lowest BCUT2D eigenvalue weighted by Gasteiger charge is -2.28. The summed E-state index contributed by atoms with van der Waals surface area (Å²) in [5, 5.41) is 9.35. The highest BCUT2D eigenvalue weighted by atomic mass is 16.3. The van der Waals surface area contributed by atoms with Crippen LogP contribution in [-0.2, 0) is 0 Å². The quantitative estimate of drug-likeness (QED) is 0.745. The number of aromatic nitrogens is 2. The molecule has 0 unspecified atom stereocenters. The van der Waals surface area contributed by atoms with Crippen LogP contribution in [0.2, 0.25) is 0 Å². The highest BCUT2D eigenvalue weighted by molar-refractivity contribution is 5.80. The van der Waals surface area contributed by atoms with Crippen molar-refractivity contribution in [2.75, 3.05) is 5.73 Å². The molecule has 78 valence electrons. The first-order chi connectivity index (χ1) is 7.25. The predicted molar refractivity (Wildman–Crippen MR) is 58.7 cm³/mol. The molecule has 4 nitrogen and oxygen atoms in total. The van der Waals surface area contributed by atoms with Crippen molar-refractivity contribution < 1.29 is 5.11 Å². The molecule has 0 bridgehead atoms. The van der Waals surface area contributed by atoms with E-state index in [9.17, 15) is 5.11 Å². The van der Waals surface area contributed by atoms with Crippen LogP contribution in [0.15, 0.2) is 18.2 Å². The molecule has 0 amide bonds. The number of benzene rings is 1. The van der Waals surface area contributed by atoms with Crippen LogP contribution in [0.3, 0.4) is 0 Å². The van der Waals surface area contributed by atoms with Crippen molar-refractivity contribution >= 4 is 17.0 Å². The number of nitrogens with zero attached hydrogens (tertiary/aromatic N) is 2. The Balaban J connectivity index is 2.23. The van der Waals surface area contributed by atoms with E-state index in [-0.39, 0.29) is 5.75 Å². The summed E-state index contributed by atoms with van der Waals surface area (Å²) >= 11 is 0. The molecule has 0 radical (unpaired) electrons. The molecule has 1 heterocycles. The fourth-order valence-electron chi connectivity index (χ4n) is 2.13. The standard InChI is InChI=1S/C11H13N3O/c12-11-13-9-6-8(15)4-5-10(9)14(11)7-2-1-3-7/h4-7,15H,1-3H2,(H2,12,13). The third-order valence-corrected chi connectivity index (χ3v) is 3.14. The van der Waals surface area contributed by atoms with E-state index in [4.69, 9.17) is 5.73 Å². The van der Waals surface area contributed by atoms with E-state index in [0.717, 1.165) is 11.0 Å². The number of hydrogen-bond acceptors (Lipinski definition) is 3. The van der Waals surface area contributed by atoms with Crippen molar-refractivity contribution in [1.82, 2.24) is 9.55 Å². The van der Waals surface area contributed by atoms with Crippen LogP contribution < -0.4 is 5.73 Å². The zero-order chi connectivity index (χ0) is 10.4. The average Bonchev–Trinajstić information content (AvgIpc) is 2.40. The van der Waals surface area contributed by atoms with E-state index >= 15 is 0 Å². The molecule has 1 aliphatic rings. The summed E-state index contributed by atoms with van der Waals surface area (Å²) in [6.07, 6.45) is 3.62. The third kappa shape index (κ3) is 1.17. The minimum atomic E-state index is 0.237. The van der Waals surface area contributed by atoms with Gasteiger partial charge in [-0.3, -0.25) is 0 Å². The van der Waals surface area contributed by atoms with Crippen LogP contribution in [0, 0.1) is 0 Å². The zero-order valence-corrected chi connectivity index (χ0v) is 8.35. The second-order valence-corrected chi connectivity index (χ2v) is 4.10. The highest BCUT2D eigenvalue weighted by Gasteiger charge is 2.23. The molecule has 4 heteroatoms. The molecule has 1 aliphatic carbocycles. The number of aromatic hydroxyl groups is 1. The van der Waals surface area contributed by atoms with Gasteiger partial charge in [0.2, 0.25) is 5.95 Å². The summed E-state index contributed by atoms with van der Waals surface area (Å²) < 4.78 is 2.08. The second kappa shape index (κ2) is 2.89. The topological polar surface area (TPSA) is 64.1 Å². The normalized spacial score (nSPS) is 16.8. The van der Waals surface area contributed by atoms with Gasteiger partial charge in [-0.05, 0) is 31.4 Å². The molecule has 0 saturated heterocycles. The Kier molecular flexibility index (Phi) is 1.65. The number of hydrogen-bond donors (Lipinski definition) is 2. The van der Waals surface area contributed by atoms with Gasteiger partial charge in [-0.15, -0.1) is 0 Å². The van der Waals surface area contributed by atoms with E-state index in [1.54, 1.807) is 12.1 Å². The number of anilines is 1. The van der Waals surface area contributed by atoms with Gasteiger partial charge >= 0.3 is 0 Å². The lowest BCUT2D eigenvalue weighted by Crippen LogP contribution is -2.18. The summed E-state index contributed by atoms with van der Waals surface area (Å²) in [4.78, 5) is 4.26. The Morgan fingerprint density at radius 3 is 2.87 bits per heavy atom. The molecular formula is C11H13N3O. The maximum Gasteiger partial charge on any atom is 0.201 e. The lowest BCUT2D eigenvalue weighted by atomic mass is 9.93. The Labute approximate surface area is 87.3 Å². The Hall–Kier alpha value is -1.71. The van der Waals surface area contributed by atoms with Gasteiger partial charge in [0.15, 0.2) is 0 Å². The van der Waals surface area contributed by atoms with E-state index < -0.39 is 0 Å². The largest absolute Gasteiger partial charge is 0.508 e. The molecule has 1 aromatic carbocycles. The Bertz CT molecular complexity index is 514. The van der Waals surface area contributed by atoms with Gasteiger partial charge in [0, 0.05) is 12.1 Å². The number of phenols is 1. The fraction of sp³-hybridized carbons (Fsp3) is 0.364. The number of nitrogen functional groups attached to an aromatic ring is 1. The summed E-state index contributed by atoms with van der Waals surface area (Å²) in [6.45, 7) is 0. The van der Waals surface area contributed by atoms with Crippen molar-refractivity contribution in [3.8, 4) is 5.75 Å². The Morgan fingerprint density at radius 1 is 1.40 bits per heavy atom. The summed E-state index contributed by atoms with van der Waals surface area (Å²) in [5.74, 6) is 0.793. The zero-order valence-electron chi connectivity index (χ0n) is 8.35. The summed E-state index contributed by atoms with van der Waals surface area (Å²) in [7, 11) is 0. The molecule has 1 saturated carbocycles. The number of rotatable bonds is 1. The van der Waals surface area contributed by atoms with Crippen LogP contribution in [0.1, 0.15) is 25.3 Å². The van der Waals surface area contributed by atoms with Crippen molar-refractivity contribution in [2.24, 2.45) is 0 Å². The third-order valence-electron chi connectivity index (χ3n) is 3.14. The SMILES string of the molecule is Nc1nc2cc(O)ccc2n1C1CCC1. The van der Waals surface area contributed by atoms with Gasteiger partial charge < -0.3 is 15.4 Å². The predicted octanol–water partition coefficient (Wildman–Crippen LogP) is 2.05. The van der Waals surface area contributed by atoms with Crippen molar-refractivity contribution in [2.45, 2.75) is 25.3 Å². The first kappa shape index (κ1) is 8.59. The Morgan fingerprint density at radius 2 is 2.20 bits per heavy atom. The van der Waals surface area contributed by atoms with E-state index in [1.807, 2.05) is 6.07 Å². The van der Waals surface area contributed by atoms with Crippen LogP contribution in [-0.4, -0.2) is 14.7 Å². The molecule has 2 aromatic rings. The smallest absolute Gasteiger partial charge is 0.201 e. The minimum absolute atomic E-state index is 0.237. The van der Waals surface area contributed by atoms with Crippen LogP contribution in [0.25, 0.3) is 11.0 Å². The summed E-state index contributed by atoms with van der Waals surface area (Å²) in [5.41, 5.74) is 7.68. The minimum Gasteiger partial charge on any atom is -0.508 e. The monoisotopic (exact) mass is 203 g/mol. The van der Waals surface area contributed by atoms with Gasteiger partial charge in [0.1, 0.15) is 5.75 Å². The lowest BCUT2D eigenvalue weighted by molar-refractivity contribution is 0.324. The maximum absolute atomic E-state index is 9.35. The molecule has 0 aliphatic heterocycles. The van der Waals surface area contributed by atoms with Gasteiger partial charge in [0.05, 0.1) is 11.0 Å². The van der Waals surface area contributed by atoms with E-state index in [2.05, 4.69) is 9.55 Å². The molecule has 1 aromatic heterocycles. The number of phenolic OH excluding ortho intramolecular Hbond substituents is 1. The number of nitrogens with two attached hydrogens (primary N) is 1. The number of fused-ring (bicyclic) bond motifs is 1. The van der Waals surface area contributed by atoms with E-state index in [1.165, 1.54) is 19.3 Å². The van der Waals surface area contributed by atoms with Crippen molar-refractivity contribution in [1.29, 1.82) is 0 Å². The second-order valence-electron chi connectivity index (χ2n) is 4.10. The van der Waals surface area contributed by atoms with Gasteiger partial charge in [0.25, 0.3) is 0 Å². The van der Waals surface area contributed by atoms with Gasteiger partial charge in [-0.2, -0.15) is 0 Å². The summed E-state index contributed by atoms with van der Waals surface area (Å²) in [6, 6.07) is 5.71. The molecule has 0 atom stereocenters. The first-order valence-electron chi connectivity index (χ1n) is 5.22. The van der Waals surface area contributed by atoms with Crippen LogP contribution >= 0.6 is 0 Å². The molecule has 0 spiro atoms. The maximum atomic E-state index is 9.35. The van der Waals surface area contributed by atoms with Gasteiger partial charge in [-0.25, -0.2) is 4.98 Å². The van der Waals surface area contributed by atoms with Crippen molar-refractivity contribution in [3.63, 3.8) is 0 Å². The number of imidazole rings is 1. The highest BCUT2D eigenvalue weighted by Crippen LogP contribution is 2.36. The molecular weight excluding hydrogens is 190 g/mol. The molecule has 3 rings (SSSR count). The average molecular weight is 203 g/mol. The molecule has 1 fully saturated rings.